The third-order valence-corrected chi connectivity index (χ3v) is 14.2. The van der Waals surface area contributed by atoms with Crippen molar-refractivity contribution in [2.75, 3.05) is 6.54 Å². The van der Waals surface area contributed by atoms with Crippen LogP contribution in [0.15, 0.2) is 0 Å². The minimum Gasteiger partial charge on any atom is -0.330 e. The van der Waals surface area contributed by atoms with Gasteiger partial charge in [-0.15, -0.1) is 0 Å². The van der Waals surface area contributed by atoms with Crippen LogP contribution in [0.1, 0.15) is 213 Å². The SMILES string of the molecule is CCCC(C)C(CC(C)C(CCC)CC(C)(C)CCCC(C)C)C(CCC)CC(CC1C(CC)C1C(C)C(C)C)CC(C)(CN)CCC. The highest BCUT2D eigenvalue weighted by molar-refractivity contribution is 5.01. The number of hydrogen-bond donors (Lipinski definition) is 1. The van der Waals surface area contributed by atoms with Crippen molar-refractivity contribution in [3.05, 3.63) is 0 Å². The zero-order valence-electron chi connectivity index (χ0n) is 36.2. The Labute approximate surface area is 306 Å². The summed E-state index contributed by atoms with van der Waals surface area (Å²) in [5.74, 6) is 10.4. The predicted octanol–water partition coefficient (Wildman–Crippen LogP) is 15.3. The Balaban J connectivity index is 3.38. The van der Waals surface area contributed by atoms with Crippen LogP contribution in [0.2, 0.25) is 0 Å². The largest absolute Gasteiger partial charge is 0.330 e. The second-order valence-corrected chi connectivity index (χ2v) is 20.1. The summed E-state index contributed by atoms with van der Waals surface area (Å²) in [5.41, 5.74) is 7.36. The summed E-state index contributed by atoms with van der Waals surface area (Å²) in [4.78, 5) is 0. The summed E-state index contributed by atoms with van der Waals surface area (Å²) in [6, 6.07) is 0. The Hall–Kier alpha value is -0.0400. The third-order valence-electron chi connectivity index (χ3n) is 14.2. The van der Waals surface area contributed by atoms with E-state index in [0.29, 0.717) is 5.41 Å². The molecule has 0 radical (unpaired) electrons. The van der Waals surface area contributed by atoms with Gasteiger partial charge in [-0.2, -0.15) is 0 Å². The predicted molar refractivity (Wildman–Crippen MR) is 219 cm³/mol. The van der Waals surface area contributed by atoms with Crippen LogP contribution in [0.4, 0.5) is 0 Å². The van der Waals surface area contributed by atoms with Gasteiger partial charge in [0, 0.05) is 0 Å². The normalized spacial score (nSPS) is 24.2. The topological polar surface area (TPSA) is 26.0 Å². The first-order valence-corrected chi connectivity index (χ1v) is 22.2. The van der Waals surface area contributed by atoms with E-state index in [0.717, 1.165) is 77.6 Å². The molecular weight excluding hydrogens is 579 g/mol. The van der Waals surface area contributed by atoms with Crippen LogP contribution in [0.25, 0.3) is 0 Å². The van der Waals surface area contributed by atoms with Crippen molar-refractivity contribution < 1.29 is 0 Å². The number of hydrogen-bond acceptors (Lipinski definition) is 1. The van der Waals surface area contributed by atoms with Crippen LogP contribution < -0.4 is 5.73 Å². The average molecular weight is 674 g/mol. The third kappa shape index (κ3) is 15.7. The van der Waals surface area contributed by atoms with Gasteiger partial charge in [-0.1, -0.05) is 168 Å². The van der Waals surface area contributed by atoms with Gasteiger partial charge >= 0.3 is 0 Å². The zero-order valence-corrected chi connectivity index (χ0v) is 36.2. The van der Waals surface area contributed by atoms with E-state index in [4.69, 9.17) is 5.73 Å². The van der Waals surface area contributed by atoms with Crippen molar-refractivity contribution in [3.8, 4) is 0 Å². The zero-order chi connectivity index (χ0) is 36.7. The fourth-order valence-electron chi connectivity index (χ4n) is 11.1. The minimum absolute atomic E-state index is 0.289. The molecule has 0 aromatic rings. The van der Waals surface area contributed by atoms with Crippen LogP contribution in [0, 0.1) is 81.8 Å². The monoisotopic (exact) mass is 674 g/mol. The van der Waals surface area contributed by atoms with Crippen LogP contribution in [-0.4, -0.2) is 6.54 Å². The van der Waals surface area contributed by atoms with Crippen molar-refractivity contribution >= 4 is 0 Å². The molecule has 0 amide bonds. The van der Waals surface area contributed by atoms with E-state index in [1.165, 1.54) is 109 Å². The molecule has 288 valence electrons. The van der Waals surface area contributed by atoms with E-state index in [1.54, 1.807) is 0 Å². The molecule has 0 aliphatic heterocycles. The molecule has 0 spiro atoms. The van der Waals surface area contributed by atoms with Crippen molar-refractivity contribution in [2.24, 2.45) is 87.6 Å². The molecule has 1 rings (SSSR count). The fraction of sp³-hybridized carbons (Fsp3) is 1.00. The molecule has 0 aromatic heterocycles. The van der Waals surface area contributed by atoms with Crippen LogP contribution in [-0.2, 0) is 0 Å². The van der Waals surface area contributed by atoms with E-state index in [1.807, 2.05) is 0 Å². The van der Waals surface area contributed by atoms with Crippen molar-refractivity contribution in [2.45, 2.75) is 213 Å². The Morgan fingerprint density at radius 3 is 1.73 bits per heavy atom. The van der Waals surface area contributed by atoms with Crippen LogP contribution in [0.5, 0.6) is 0 Å². The molecule has 1 aliphatic rings. The molecule has 0 bridgehead atoms. The molecule has 11 atom stereocenters. The summed E-state index contributed by atoms with van der Waals surface area (Å²) in [6.45, 7) is 38.4. The number of nitrogens with two attached hydrogens (primary N) is 1. The van der Waals surface area contributed by atoms with Gasteiger partial charge in [-0.25, -0.2) is 0 Å². The van der Waals surface area contributed by atoms with E-state index in [9.17, 15) is 0 Å². The molecule has 1 heteroatoms. The fourth-order valence-corrected chi connectivity index (χ4v) is 11.1. The van der Waals surface area contributed by atoms with E-state index in [-0.39, 0.29) is 5.41 Å². The molecule has 1 aliphatic carbocycles. The molecule has 1 saturated carbocycles. The first kappa shape index (κ1) is 46.0. The quantitative estimate of drug-likeness (QED) is 0.0840. The first-order valence-electron chi connectivity index (χ1n) is 22.2. The van der Waals surface area contributed by atoms with E-state index < -0.39 is 0 Å². The maximum atomic E-state index is 6.62. The molecule has 0 saturated heterocycles. The molecule has 48 heavy (non-hydrogen) atoms. The molecule has 1 fully saturated rings. The van der Waals surface area contributed by atoms with Gasteiger partial charge in [0.25, 0.3) is 0 Å². The van der Waals surface area contributed by atoms with Crippen LogP contribution >= 0.6 is 0 Å². The first-order chi connectivity index (χ1) is 22.5. The van der Waals surface area contributed by atoms with Crippen LogP contribution in [0.3, 0.4) is 0 Å². The second kappa shape index (κ2) is 22.8. The summed E-state index contributed by atoms with van der Waals surface area (Å²) >= 11 is 0. The lowest BCUT2D eigenvalue weighted by molar-refractivity contribution is 0.0995. The molecular formula is C47H95N. The van der Waals surface area contributed by atoms with Gasteiger partial charge in [-0.05, 0) is 133 Å². The number of rotatable bonds is 29. The molecule has 0 aromatic carbocycles. The maximum absolute atomic E-state index is 6.62. The molecule has 11 unspecified atom stereocenters. The van der Waals surface area contributed by atoms with Gasteiger partial charge in [0.1, 0.15) is 0 Å². The van der Waals surface area contributed by atoms with Gasteiger partial charge in [-0.3, -0.25) is 0 Å². The standard InChI is InChI=1S/C47H95N/c1-16-22-36(10)43(28-37(11)41(24-18-3)32-46(13,14)27-21-25-34(6)7)40(23-17-2)29-39(31-47(15,33-48)26-19-4)30-44-42(20-5)45(44)38(12)35(8)9/h34-45H,16-33,48H2,1-15H3. The van der Waals surface area contributed by atoms with Gasteiger partial charge in [0.15, 0.2) is 0 Å². The lowest BCUT2D eigenvalue weighted by Gasteiger charge is -2.41. The van der Waals surface area contributed by atoms with E-state index in [2.05, 4.69) is 104 Å². The lowest BCUT2D eigenvalue weighted by atomic mass is 9.65. The second-order valence-electron chi connectivity index (χ2n) is 20.1. The van der Waals surface area contributed by atoms with Crippen molar-refractivity contribution in [3.63, 3.8) is 0 Å². The highest BCUT2D eigenvalue weighted by Gasteiger charge is 2.52. The summed E-state index contributed by atoms with van der Waals surface area (Å²) in [6.07, 6.45) is 23.4. The smallest absolute Gasteiger partial charge is 0.00231 e. The maximum Gasteiger partial charge on any atom is -0.00231 e. The van der Waals surface area contributed by atoms with Crippen molar-refractivity contribution in [1.29, 1.82) is 0 Å². The highest BCUT2D eigenvalue weighted by Crippen LogP contribution is 2.59. The molecule has 1 nitrogen and oxygen atoms in total. The van der Waals surface area contributed by atoms with Gasteiger partial charge < -0.3 is 5.73 Å². The van der Waals surface area contributed by atoms with E-state index >= 15 is 0 Å². The Bertz CT molecular complexity index is 797. The minimum atomic E-state index is 0.289. The highest BCUT2D eigenvalue weighted by atomic mass is 14.6. The summed E-state index contributed by atoms with van der Waals surface area (Å²) < 4.78 is 0. The Morgan fingerprint density at radius 2 is 1.23 bits per heavy atom. The lowest BCUT2D eigenvalue weighted by Crippen LogP contribution is -2.33. The Morgan fingerprint density at radius 1 is 0.625 bits per heavy atom. The van der Waals surface area contributed by atoms with Gasteiger partial charge in [0.05, 0.1) is 0 Å². The van der Waals surface area contributed by atoms with Crippen molar-refractivity contribution in [1.82, 2.24) is 0 Å². The summed E-state index contributed by atoms with van der Waals surface area (Å²) in [5, 5.41) is 0. The summed E-state index contributed by atoms with van der Waals surface area (Å²) in [7, 11) is 0. The Kier molecular flexibility index (Phi) is 21.8. The molecule has 2 N–H and O–H groups in total. The molecule has 0 heterocycles. The average Bonchev–Trinajstić information content (AvgIpc) is 3.70. The van der Waals surface area contributed by atoms with Gasteiger partial charge in [0.2, 0.25) is 0 Å².